The summed E-state index contributed by atoms with van der Waals surface area (Å²) in [6.45, 7) is 12.0. The van der Waals surface area contributed by atoms with Crippen LogP contribution in [0.2, 0.25) is 6.04 Å². The van der Waals surface area contributed by atoms with Gasteiger partial charge < -0.3 is 9.47 Å². The third kappa shape index (κ3) is 6.02. The van der Waals surface area contributed by atoms with E-state index in [1.807, 2.05) is 19.9 Å². The highest BCUT2D eigenvalue weighted by molar-refractivity contribution is 6.40. The highest BCUT2D eigenvalue weighted by Crippen LogP contribution is 2.11. The molecular weight excluding hydrogens is 180 g/mol. The molecule has 0 spiro atoms. The summed E-state index contributed by atoms with van der Waals surface area (Å²) in [6, 6.07) is 1.00. The number of hydrogen-bond donors (Lipinski definition) is 0. The van der Waals surface area contributed by atoms with Gasteiger partial charge in [0, 0.05) is 13.2 Å². The molecule has 76 valence electrons. The van der Waals surface area contributed by atoms with Crippen LogP contribution in [0.1, 0.15) is 20.8 Å². The standard InChI is InChI=1S/C10H20O2Si/c1-5-8-13-10(4,12-7-3)9-11-6-2/h5H,1,6-9H2,2-4H3. The average molecular weight is 200 g/mol. The summed E-state index contributed by atoms with van der Waals surface area (Å²) in [5.41, 5.74) is 0. The van der Waals surface area contributed by atoms with Gasteiger partial charge in [0.25, 0.3) is 0 Å². The van der Waals surface area contributed by atoms with Gasteiger partial charge in [-0.15, -0.1) is 6.58 Å². The molecule has 2 nitrogen and oxygen atoms in total. The molecule has 0 rings (SSSR count). The summed E-state index contributed by atoms with van der Waals surface area (Å²) in [6.07, 6.45) is 1.93. The Bertz CT molecular complexity index is 139. The molecule has 0 fully saturated rings. The van der Waals surface area contributed by atoms with Gasteiger partial charge in [-0.3, -0.25) is 0 Å². The molecule has 0 aromatic rings. The summed E-state index contributed by atoms with van der Waals surface area (Å²) in [5.74, 6) is 0. The second kappa shape index (κ2) is 7.30. The second-order valence-electron chi connectivity index (χ2n) is 2.97. The molecule has 0 bridgehead atoms. The van der Waals surface area contributed by atoms with Gasteiger partial charge in [-0.05, 0) is 26.8 Å². The van der Waals surface area contributed by atoms with Crippen LogP contribution in [0.15, 0.2) is 12.7 Å². The molecule has 0 aliphatic rings. The maximum absolute atomic E-state index is 5.67. The Balaban J connectivity index is 3.90. The summed E-state index contributed by atoms with van der Waals surface area (Å²) >= 11 is 0. The van der Waals surface area contributed by atoms with Crippen molar-refractivity contribution in [2.75, 3.05) is 19.8 Å². The predicted octanol–water partition coefficient (Wildman–Crippen LogP) is 2.08. The number of hydrogen-bond acceptors (Lipinski definition) is 2. The van der Waals surface area contributed by atoms with Crippen molar-refractivity contribution in [3.8, 4) is 0 Å². The van der Waals surface area contributed by atoms with E-state index in [1.54, 1.807) is 0 Å². The lowest BCUT2D eigenvalue weighted by molar-refractivity contribution is -0.0289. The minimum Gasteiger partial charge on any atom is -0.379 e. The van der Waals surface area contributed by atoms with E-state index in [4.69, 9.17) is 9.47 Å². The van der Waals surface area contributed by atoms with Crippen molar-refractivity contribution in [1.82, 2.24) is 0 Å². The molecule has 3 heteroatoms. The van der Waals surface area contributed by atoms with Gasteiger partial charge in [0.2, 0.25) is 0 Å². The molecule has 2 radical (unpaired) electrons. The molecule has 1 atom stereocenters. The van der Waals surface area contributed by atoms with Crippen LogP contribution in [0, 0.1) is 0 Å². The summed E-state index contributed by atoms with van der Waals surface area (Å²) in [5, 5.41) is -0.112. The molecule has 0 aliphatic carbocycles. The lowest BCUT2D eigenvalue weighted by Gasteiger charge is -2.28. The van der Waals surface area contributed by atoms with Crippen molar-refractivity contribution in [2.24, 2.45) is 0 Å². The third-order valence-electron chi connectivity index (χ3n) is 1.66. The van der Waals surface area contributed by atoms with Gasteiger partial charge in [-0.1, -0.05) is 6.08 Å². The molecule has 0 saturated carbocycles. The molecule has 0 heterocycles. The van der Waals surface area contributed by atoms with E-state index in [-0.39, 0.29) is 5.22 Å². The van der Waals surface area contributed by atoms with E-state index in [1.165, 1.54) is 0 Å². The first kappa shape index (κ1) is 12.9. The Labute approximate surface area is 84.1 Å². The van der Waals surface area contributed by atoms with Crippen molar-refractivity contribution in [1.29, 1.82) is 0 Å². The Kier molecular flexibility index (Phi) is 7.23. The van der Waals surface area contributed by atoms with Crippen LogP contribution >= 0.6 is 0 Å². The van der Waals surface area contributed by atoms with E-state index in [0.29, 0.717) is 6.61 Å². The Morgan fingerprint density at radius 2 is 2.08 bits per heavy atom. The fourth-order valence-corrected chi connectivity index (χ4v) is 2.07. The van der Waals surface area contributed by atoms with Crippen LogP contribution in [0.5, 0.6) is 0 Å². The molecule has 1 unspecified atom stereocenters. The molecule has 0 aliphatic heterocycles. The molecule has 0 amide bonds. The molecule has 0 saturated heterocycles. The quantitative estimate of drug-likeness (QED) is 0.441. The zero-order valence-electron chi connectivity index (χ0n) is 8.93. The lowest BCUT2D eigenvalue weighted by Crippen LogP contribution is -2.40. The first-order valence-corrected chi connectivity index (χ1v) is 5.97. The van der Waals surface area contributed by atoms with Crippen LogP contribution in [-0.2, 0) is 9.47 Å². The Morgan fingerprint density at radius 1 is 1.38 bits per heavy atom. The van der Waals surface area contributed by atoms with Crippen LogP contribution in [0.25, 0.3) is 0 Å². The minimum atomic E-state index is -0.112. The molecule has 0 N–H and O–H groups in total. The summed E-state index contributed by atoms with van der Waals surface area (Å²) in [4.78, 5) is 0. The van der Waals surface area contributed by atoms with Crippen molar-refractivity contribution in [3.05, 3.63) is 12.7 Å². The van der Waals surface area contributed by atoms with Crippen molar-refractivity contribution in [2.45, 2.75) is 32.0 Å². The number of rotatable bonds is 8. The summed E-state index contributed by atoms with van der Waals surface area (Å²) in [7, 11) is 0.728. The maximum Gasteiger partial charge on any atom is 0.0892 e. The van der Waals surface area contributed by atoms with Crippen LogP contribution in [0.4, 0.5) is 0 Å². The minimum absolute atomic E-state index is 0.112. The topological polar surface area (TPSA) is 18.5 Å². The highest BCUT2D eigenvalue weighted by Gasteiger charge is 2.24. The molecule has 13 heavy (non-hydrogen) atoms. The highest BCUT2D eigenvalue weighted by atomic mass is 28.2. The van der Waals surface area contributed by atoms with Crippen molar-refractivity contribution >= 4 is 9.52 Å². The van der Waals surface area contributed by atoms with Gasteiger partial charge >= 0.3 is 0 Å². The normalized spacial score (nSPS) is 15.3. The SMILES string of the molecule is C=CC[Si]C(C)(COCC)OCC. The van der Waals surface area contributed by atoms with E-state index in [0.717, 1.165) is 28.8 Å². The predicted molar refractivity (Wildman–Crippen MR) is 57.3 cm³/mol. The maximum atomic E-state index is 5.67. The van der Waals surface area contributed by atoms with E-state index < -0.39 is 0 Å². The first-order valence-electron chi connectivity index (χ1n) is 4.76. The summed E-state index contributed by atoms with van der Waals surface area (Å²) < 4.78 is 11.1. The molecular formula is C10H20O2Si. The van der Waals surface area contributed by atoms with Gasteiger partial charge in [0.05, 0.1) is 21.4 Å². The number of allylic oxidation sites excluding steroid dienone is 1. The Morgan fingerprint density at radius 3 is 2.54 bits per heavy atom. The van der Waals surface area contributed by atoms with Crippen molar-refractivity contribution < 1.29 is 9.47 Å². The van der Waals surface area contributed by atoms with E-state index in [9.17, 15) is 0 Å². The average Bonchev–Trinajstić information content (AvgIpc) is 2.12. The molecule has 0 aromatic carbocycles. The van der Waals surface area contributed by atoms with Gasteiger partial charge in [-0.2, -0.15) is 0 Å². The fraction of sp³-hybridized carbons (Fsp3) is 0.800. The van der Waals surface area contributed by atoms with Gasteiger partial charge in [0.1, 0.15) is 0 Å². The third-order valence-corrected chi connectivity index (χ3v) is 3.19. The zero-order valence-corrected chi connectivity index (χ0v) is 9.93. The smallest absolute Gasteiger partial charge is 0.0892 e. The number of ether oxygens (including phenoxy) is 2. The fourth-order valence-electron chi connectivity index (χ4n) is 1.05. The zero-order chi connectivity index (χ0) is 10.2. The second-order valence-corrected chi connectivity index (χ2v) is 4.79. The van der Waals surface area contributed by atoms with Crippen molar-refractivity contribution in [3.63, 3.8) is 0 Å². The van der Waals surface area contributed by atoms with Gasteiger partial charge in [-0.25, -0.2) is 0 Å². The first-order chi connectivity index (χ1) is 6.18. The lowest BCUT2D eigenvalue weighted by atomic mass is 10.4. The van der Waals surface area contributed by atoms with E-state index in [2.05, 4.69) is 13.5 Å². The monoisotopic (exact) mass is 200 g/mol. The Hall–Kier alpha value is -0.123. The van der Waals surface area contributed by atoms with Crippen LogP contribution in [-0.4, -0.2) is 34.6 Å². The van der Waals surface area contributed by atoms with Crippen LogP contribution < -0.4 is 0 Å². The van der Waals surface area contributed by atoms with E-state index >= 15 is 0 Å². The largest absolute Gasteiger partial charge is 0.379 e. The molecule has 0 aromatic heterocycles. The van der Waals surface area contributed by atoms with Gasteiger partial charge in [0.15, 0.2) is 0 Å². The van der Waals surface area contributed by atoms with Crippen LogP contribution in [0.3, 0.4) is 0 Å².